The van der Waals surface area contributed by atoms with Gasteiger partial charge in [0, 0.05) is 5.56 Å². The average molecular weight is 277 g/mol. The average Bonchev–Trinajstić information content (AvgIpc) is 2.92. The van der Waals surface area contributed by atoms with Crippen LogP contribution in [0.2, 0.25) is 0 Å². The Labute approximate surface area is 115 Å². The van der Waals surface area contributed by atoms with Crippen molar-refractivity contribution in [2.75, 3.05) is 6.54 Å². The lowest BCUT2D eigenvalue weighted by Crippen LogP contribution is -2.30. The normalized spacial score (nSPS) is 22.9. The van der Waals surface area contributed by atoms with Gasteiger partial charge in [-0.3, -0.25) is 0 Å². The zero-order chi connectivity index (χ0) is 14.1. The standard InChI is InChI=1S/C14H16FN3O2/c1-8-4-5-16-11(6-8)14-17-13(18-20-14)9-2-3-12(19)10(15)7-9/h2-3,7-8,11,16,19H,4-6H2,1H3. The number of phenolic OH excluding ortho intramolecular Hbond substituents is 1. The molecular weight excluding hydrogens is 261 g/mol. The number of aromatic hydroxyl groups is 1. The summed E-state index contributed by atoms with van der Waals surface area (Å²) >= 11 is 0. The lowest BCUT2D eigenvalue weighted by Gasteiger charge is -2.25. The molecule has 1 aromatic heterocycles. The molecule has 2 unspecified atom stereocenters. The molecule has 0 radical (unpaired) electrons. The van der Waals surface area contributed by atoms with E-state index in [1.807, 2.05) is 0 Å². The van der Waals surface area contributed by atoms with Crippen molar-refractivity contribution < 1.29 is 14.0 Å². The molecule has 2 heterocycles. The predicted octanol–water partition coefficient (Wildman–Crippen LogP) is 2.64. The SMILES string of the molecule is CC1CCNC(c2nc(-c3ccc(O)c(F)c3)no2)C1. The Morgan fingerprint density at radius 2 is 2.30 bits per heavy atom. The molecule has 1 aliphatic rings. The van der Waals surface area contributed by atoms with Crippen LogP contribution in [0.15, 0.2) is 22.7 Å². The second-order valence-corrected chi connectivity index (χ2v) is 5.26. The van der Waals surface area contributed by atoms with Crippen molar-refractivity contribution >= 4 is 0 Å². The van der Waals surface area contributed by atoms with Gasteiger partial charge in [0.2, 0.25) is 11.7 Å². The summed E-state index contributed by atoms with van der Waals surface area (Å²) in [4.78, 5) is 4.32. The molecule has 0 amide bonds. The molecular formula is C14H16FN3O2. The Kier molecular flexibility index (Phi) is 3.40. The maximum atomic E-state index is 13.3. The van der Waals surface area contributed by atoms with Crippen LogP contribution in [0.5, 0.6) is 5.75 Å². The van der Waals surface area contributed by atoms with Crippen LogP contribution in [-0.2, 0) is 0 Å². The maximum Gasteiger partial charge on any atom is 0.244 e. The van der Waals surface area contributed by atoms with E-state index in [1.54, 1.807) is 6.07 Å². The summed E-state index contributed by atoms with van der Waals surface area (Å²) in [6, 6.07) is 4.09. The monoisotopic (exact) mass is 277 g/mol. The van der Waals surface area contributed by atoms with Crippen LogP contribution in [0, 0.1) is 11.7 Å². The largest absolute Gasteiger partial charge is 0.505 e. The first-order chi connectivity index (χ1) is 9.63. The first kappa shape index (κ1) is 13.1. The Balaban J connectivity index is 1.84. The van der Waals surface area contributed by atoms with Crippen molar-refractivity contribution in [3.05, 3.63) is 29.9 Å². The molecule has 6 heteroatoms. The third-order valence-electron chi connectivity index (χ3n) is 3.61. The van der Waals surface area contributed by atoms with Crippen LogP contribution in [0.25, 0.3) is 11.4 Å². The molecule has 0 spiro atoms. The highest BCUT2D eigenvalue weighted by molar-refractivity contribution is 5.55. The van der Waals surface area contributed by atoms with E-state index in [2.05, 4.69) is 22.4 Å². The first-order valence-electron chi connectivity index (χ1n) is 6.69. The Hall–Kier alpha value is -1.95. The molecule has 106 valence electrons. The third kappa shape index (κ3) is 2.51. The fourth-order valence-corrected chi connectivity index (χ4v) is 2.44. The number of halogens is 1. The highest BCUT2D eigenvalue weighted by atomic mass is 19.1. The lowest BCUT2D eigenvalue weighted by atomic mass is 9.94. The zero-order valence-electron chi connectivity index (χ0n) is 11.1. The van der Waals surface area contributed by atoms with Crippen LogP contribution >= 0.6 is 0 Å². The number of benzene rings is 1. The van der Waals surface area contributed by atoms with Gasteiger partial charge >= 0.3 is 0 Å². The minimum atomic E-state index is -0.696. The molecule has 1 aromatic carbocycles. The molecule has 5 nitrogen and oxygen atoms in total. The Morgan fingerprint density at radius 3 is 3.05 bits per heavy atom. The topological polar surface area (TPSA) is 71.2 Å². The molecule has 1 saturated heterocycles. The van der Waals surface area contributed by atoms with Crippen LogP contribution in [-0.4, -0.2) is 21.8 Å². The summed E-state index contributed by atoms with van der Waals surface area (Å²) in [6.45, 7) is 3.12. The highest BCUT2D eigenvalue weighted by Gasteiger charge is 2.25. The van der Waals surface area contributed by atoms with E-state index in [9.17, 15) is 9.50 Å². The molecule has 2 aromatic rings. The molecule has 2 N–H and O–H groups in total. The molecule has 1 fully saturated rings. The Bertz CT molecular complexity index is 614. The molecule has 3 rings (SSSR count). The lowest BCUT2D eigenvalue weighted by molar-refractivity contribution is 0.260. The van der Waals surface area contributed by atoms with Crippen molar-refractivity contribution in [3.8, 4) is 17.1 Å². The fraction of sp³-hybridized carbons (Fsp3) is 0.429. The van der Waals surface area contributed by atoms with Gasteiger partial charge in [0.25, 0.3) is 0 Å². The zero-order valence-corrected chi connectivity index (χ0v) is 11.1. The second-order valence-electron chi connectivity index (χ2n) is 5.26. The third-order valence-corrected chi connectivity index (χ3v) is 3.61. The van der Waals surface area contributed by atoms with Gasteiger partial charge in [-0.1, -0.05) is 12.1 Å². The summed E-state index contributed by atoms with van der Waals surface area (Å²) in [7, 11) is 0. The number of nitrogens with zero attached hydrogens (tertiary/aromatic N) is 2. The van der Waals surface area contributed by atoms with E-state index in [4.69, 9.17) is 4.52 Å². The first-order valence-corrected chi connectivity index (χ1v) is 6.69. The van der Waals surface area contributed by atoms with E-state index in [-0.39, 0.29) is 11.8 Å². The molecule has 20 heavy (non-hydrogen) atoms. The van der Waals surface area contributed by atoms with Gasteiger partial charge < -0.3 is 14.9 Å². The number of hydrogen-bond acceptors (Lipinski definition) is 5. The summed E-state index contributed by atoms with van der Waals surface area (Å²) in [6.07, 6.45) is 2.09. The van der Waals surface area contributed by atoms with Crippen LogP contribution in [0.4, 0.5) is 4.39 Å². The van der Waals surface area contributed by atoms with E-state index in [1.165, 1.54) is 12.1 Å². The Morgan fingerprint density at radius 1 is 1.45 bits per heavy atom. The van der Waals surface area contributed by atoms with Gasteiger partial charge in [0.15, 0.2) is 11.6 Å². The molecule has 1 aliphatic heterocycles. The van der Waals surface area contributed by atoms with Crippen molar-refractivity contribution in [2.24, 2.45) is 5.92 Å². The molecule has 2 atom stereocenters. The molecule has 0 aliphatic carbocycles. The summed E-state index contributed by atoms with van der Waals surface area (Å²) in [5.41, 5.74) is 0.485. The fourth-order valence-electron chi connectivity index (χ4n) is 2.44. The van der Waals surface area contributed by atoms with Crippen molar-refractivity contribution in [1.29, 1.82) is 0 Å². The number of hydrogen-bond donors (Lipinski definition) is 2. The summed E-state index contributed by atoms with van der Waals surface area (Å²) < 4.78 is 18.6. The van der Waals surface area contributed by atoms with Crippen molar-refractivity contribution in [2.45, 2.75) is 25.8 Å². The van der Waals surface area contributed by atoms with Gasteiger partial charge in [-0.15, -0.1) is 0 Å². The number of phenols is 1. The minimum absolute atomic E-state index is 0.0574. The number of nitrogens with one attached hydrogen (secondary N) is 1. The van der Waals surface area contributed by atoms with Gasteiger partial charge in [-0.25, -0.2) is 4.39 Å². The van der Waals surface area contributed by atoms with Gasteiger partial charge in [-0.2, -0.15) is 4.98 Å². The van der Waals surface area contributed by atoms with Crippen LogP contribution in [0.1, 0.15) is 31.7 Å². The van der Waals surface area contributed by atoms with Gasteiger partial charge in [0.05, 0.1) is 6.04 Å². The van der Waals surface area contributed by atoms with Crippen LogP contribution in [0.3, 0.4) is 0 Å². The van der Waals surface area contributed by atoms with E-state index < -0.39 is 5.82 Å². The smallest absolute Gasteiger partial charge is 0.244 e. The highest BCUT2D eigenvalue weighted by Crippen LogP contribution is 2.28. The van der Waals surface area contributed by atoms with E-state index >= 15 is 0 Å². The number of rotatable bonds is 2. The molecule has 0 saturated carbocycles. The maximum absolute atomic E-state index is 13.3. The van der Waals surface area contributed by atoms with E-state index in [0.29, 0.717) is 23.2 Å². The van der Waals surface area contributed by atoms with E-state index in [0.717, 1.165) is 19.4 Å². The predicted molar refractivity (Wildman–Crippen MR) is 70.5 cm³/mol. The minimum Gasteiger partial charge on any atom is -0.505 e. The second kappa shape index (κ2) is 5.20. The summed E-state index contributed by atoms with van der Waals surface area (Å²) in [5, 5.41) is 16.4. The summed E-state index contributed by atoms with van der Waals surface area (Å²) in [5.74, 6) is 0.389. The molecule has 0 bridgehead atoms. The van der Waals surface area contributed by atoms with Crippen LogP contribution < -0.4 is 5.32 Å². The quantitative estimate of drug-likeness (QED) is 0.883. The number of piperidine rings is 1. The van der Waals surface area contributed by atoms with Crippen molar-refractivity contribution in [1.82, 2.24) is 15.5 Å². The van der Waals surface area contributed by atoms with Gasteiger partial charge in [-0.05, 0) is 43.5 Å². The number of aromatic nitrogens is 2. The van der Waals surface area contributed by atoms with Crippen molar-refractivity contribution in [3.63, 3.8) is 0 Å². The van der Waals surface area contributed by atoms with Gasteiger partial charge in [0.1, 0.15) is 0 Å².